The van der Waals surface area contributed by atoms with Crippen LogP contribution in [0.3, 0.4) is 0 Å². The molecule has 0 aromatic heterocycles. The highest BCUT2D eigenvalue weighted by atomic mass is 35.5. The highest BCUT2D eigenvalue weighted by Crippen LogP contribution is 2.44. The van der Waals surface area contributed by atoms with Crippen LogP contribution in [0, 0.1) is 21.4 Å². The molecule has 1 atom stereocenters. The van der Waals surface area contributed by atoms with E-state index < -0.39 is 16.8 Å². The molecule has 0 amide bonds. The summed E-state index contributed by atoms with van der Waals surface area (Å²) in [5, 5.41) is 21.8. The number of ether oxygens (including phenoxy) is 3. The SMILES string of the molecule is N#CC1=C(N)Oc2cc(OC(=O)c3ccccc3[N+](=O)[O-])ccc2C1c1cccc(OCc2ccccc2Cl)c1. The van der Waals surface area contributed by atoms with Gasteiger partial charge in [-0.15, -0.1) is 0 Å². The fourth-order valence-electron chi connectivity index (χ4n) is 4.37. The maximum atomic E-state index is 12.7. The molecule has 0 aliphatic carbocycles. The van der Waals surface area contributed by atoms with Gasteiger partial charge in [0.05, 0.1) is 10.8 Å². The average Bonchev–Trinajstić information content (AvgIpc) is 2.96. The zero-order valence-corrected chi connectivity index (χ0v) is 21.5. The molecule has 0 saturated carbocycles. The molecule has 9 nitrogen and oxygen atoms in total. The topological polar surface area (TPSA) is 138 Å². The van der Waals surface area contributed by atoms with Crippen LogP contribution in [0.5, 0.6) is 17.2 Å². The number of nitro benzene ring substituents is 1. The Kier molecular flexibility index (Phi) is 7.35. The Morgan fingerprint density at radius 3 is 2.58 bits per heavy atom. The highest BCUT2D eigenvalue weighted by molar-refractivity contribution is 6.31. The van der Waals surface area contributed by atoms with Gasteiger partial charge in [0.1, 0.15) is 41.1 Å². The summed E-state index contributed by atoms with van der Waals surface area (Å²) in [6.45, 7) is 0.255. The number of nitriles is 1. The van der Waals surface area contributed by atoms with Crippen molar-refractivity contribution in [3.8, 4) is 23.3 Å². The third kappa shape index (κ3) is 5.29. The molecule has 4 aromatic carbocycles. The Labute approximate surface area is 233 Å². The van der Waals surface area contributed by atoms with Crippen LogP contribution in [0.15, 0.2) is 102 Å². The first-order chi connectivity index (χ1) is 19.4. The van der Waals surface area contributed by atoms with E-state index in [9.17, 15) is 20.2 Å². The Morgan fingerprint density at radius 1 is 1.02 bits per heavy atom. The van der Waals surface area contributed by atoms with E-state index in [0.717, 1.165) is 11.1 Å². The number of nitrogens with two attached hydrogens (primary N) is 1. The maximum absolute atomic E-state index is 12.7. The molecule has 2 N–H and O–H groups in total. The second kappa shape index (κ2) is 11.2. The number of fused-ring (bicyclic) bond motifs is 1. The smallest absolute Gasteiger partial charge is 0.350 e. The Hall–Kier alpha value is -5.33. The molecule has 40 heavy (non-hydrogen) atoms. The second-order valence-electron chi connectivity index (χ2n) is 8.74. The molecule has 5 rings (SSSR count). The lowest BCUT2D eigenvalue weighted by Gasteiger charge is -2.27. The largest absolute Gasteiger partial charge is 0.489 e. The fraction of sp³-hybridized carbons (Fsp3) is 0.0667. The van der Waals surface area contributed by atoms with Gasteiger partial charge in [-0.25, -0.2) is 4.79 Å². The summed E-state index contributed by atoms with van der Waals surface area (Å²) in [6, 6.07) is 26.9. The van der Waals surface area contributed by atoms with Gasteiger partial charge in [0.25, 0.3) is 5.69 Å². The first-order valence-corrected chi connectivity index (χ1v) is 12.4. The zero-order chi connectivity index (χ0) is 28.2. The molecule has 198 valence electrons. The lowest BCUT2D eigenvalue weighted by molar-refractivity contribution is -0.385. The van der Waals surface area contributed by atoms with Crippen LogP contribution in [-0.4, -0.2) is 10.9 Å². The van der Waals surface area contributed by atoms with Crippen LogP contribution in [0.25, 0.3) is 0 Å². The normalized spacial score (nSPS) is 13.9. The van der Waals surface area contributed by atoms with Crippen molar-refractivity contribution in [1.82, 2.24) is 0 Å². The first-order valence-electron chi connectivity index (χ1n) is 12.0. The highest BCUT2D eigenvalue weighted by Gasteiger charge is 2.31. The van der Waals surface area contributed by atoms with Crippen LogP contribution in [0.4, 0.5) is 5.69 Å². The van der Waals surface area contributed by atoms with Gasteiger partial charge in [0.2, 0.25) is 5.88 Å². The molecule has 1 aliphatic rings. The molecule has 1 heterocycles. The lowest BCUT2D eigenvalue weighted by Crippen LogP contribution is -2.21. The monoisotopic (exact) mass is 553 g/mol. The van der Waals surface area contributed by atoms with E-state index in [4.69, 9.17) is 31.5 Å². The molecule has 1 unspecified atom stereocenters. The number of rotatable bonds is 7. The van der Waals surface area contributed by atoms with E-state index in [1.807, 2.05) is 30.3 Å². The molecule has 0 saturated heterocycles. The maximum Gasteiger partial charge on any atom is 0.350 e. The van der Waals surface area contributed by atoms with Crippen molar-refractivity contribution in [2.24, 2.45) is 5.73 Å². The van der Waals surface area contributed by atoms with Gasteiger partial charge >= 0.3 is 5.97 Å². The second-order valence-corrected chi connectivity index (χ2v) is 9.15. The van der Waals surface area contributed by atoms with Crippen LogP contribution in [0.2, 0.25) is 5.02 Å². The average molecular weight is 554 g/mol. The summed E-state index contributed by atoms with van der Waals surface area (Å²) in [5.74, 6) is -0.648. The molecule has 0 fully saturated rings. The number of hydrogen-bond donors (Lipinski definition) is 1. The Bertz CT molecular complexity index is 1710. The molecule has 0 spiro atoms. The molecule has 10 heteroatoms. The van der Waals surface area contributed by atoms with E-state index in [0.29, 0.717) is 16.3 Å². The summed E-state index contributed by atoms with van der Waals surface area (Å²) in [6.07, 6.45) is 0. The van der Waals surface area contributed by atoms with E-state index in [1.54, 1.807) is 24.3 Å². The lowest BCUT2D eigenvalue weighted by atomic mass is 9.83. The van der Waals surface area contributed by atoms with Gasteiger partial charge < -0.3 is 19.9 Å². The van der Waals surface area contributed by atoms with Crippen LogP contribution < -0.4 is 19.9 Å². The van der Waals surface area contributed by atoms with E-state index in [-0.39, 0.29) is 40.8 Å². The molecular formula is C30H20ClN3O6. The van der Waals surface area contributed by atoms with Gasteiger partial charge in [0, 0.05) is 28.3 Å². The zero-order valence-electron chi connectivity index (χ0n) is 20.7. The quantitative estimate of drug-likeness (QED) is 0.122. The van der Waals surface area contributed by atoms with Crippen molar-refractivity contribution in [3.05, 3.63) is 140 Å². The summed E-state index contributed by atoms with van der Waals surface area (Å²) >= 11 is 6.24. The third-order valence-electron chi connectivity index (χ3n) is 6.27. The predicted octanol–water partition coefficient (Wildman–Crippen LogP) is 6.26. The number of carbonyl (C=O) groups is 1. The molecule has 1 aliphatic heterocycles. The number of nitro groups is 1. The van der Waals surface area contributed by atoms with Gasteiger partial charge in [-0.1, -0.05) is 60.1 Å². The fourth-order valence-corrected chi connectivity index (χ4v) is 4.56. The summed E-state index contributed by atoms with van der Waals surface area (Å²) in [4.78, 5) is 23.4. The van der Waals surface area contributed by atoms with E-state index in [1.165, 1.54) is 36.4 Å². The van der Waals surface area contributed by atoms with Crippen LogP contribution in [-0.2, 0) is 6.61 Å². The number of para-hydroxylation sites is 1. The van der Waals surface area contributed by atoms with Crippen molar-refractivity contribution in [1.29, 1.82) is 5.26 Å². The number of hydrogen-bond acceptors (Lipinski definition) is 8. The van der Waals surface area contributed by atoms with Crippen LogP contribution >= 0.6 is 11.6 Å². The minimum absolute atomic E-state index is 0.0886. The minimum Gasteiger partial charge on any atom is -0.489 e. The van der Waals surface area contributed by atoms with Gasteiger partial charge in [-0.3, -0.25) is 10.1 Å². The first kappa shape index (κ1) is 26.3. The summed E-state index contributed by atoms with van der Waals surface area (Å²) < 4.78 is 17.1. The molecule has 4 aromatic rings. The van der Waals surface area contributed by atoms with Gasteiger partial charge in [-0.2, -0.15) is 5.26 Å². The van der Waals surface area contributed by atoms with E-state index in [2.05, 4.69) is 6.07 Å². The summed E-state index contributed by atoms with van der Waals surface area (Å²) in [7, 11) is 0. The molecule has 0 bridgehead atoms. The number of carbonyl (C=O) groups excluding carboxylic acids is 1. The standard InChI is InChI=1S/C30H20ClN3O6/c31-25-10-3-1-6-19(25)17-38-20-8-5-7-18(14-20)28-23-13-12-21(15-27(23)40-29(33)24(28)16-32)39-30(35)22-9-2-4-11-26(22)34(36)37/h1-15,28H,17,33H2. The minimum atomic E-state index is -0.899. The van der Waals surface area contributed by atoms with E-state index >= 15 is 0 Å². The van der Waals surface area contributed by atoms with Crippen molar-refractivity contribution < 1.29 is 23.9 Å². The number of esters is 1. The molecule has 0 radical (unpaired) electrons. The predicted molar refractivity (Wildman–Crippen MR) is 146 cm³/mol. The van der Waals surface area contributed by atoms with Gasteiger partial charge in [-0.05, 0) is 35.9 Å². The van der Waals surface area contributed by atoms with Crippen molar-refractivity contribution >= 4 is 23.3 Å². The number of benzene rings is 4. The van der Waals surface area contributed by atoms with Crippen molar-refractivity contribution in [3.63, 3.8) is 0 Å². The number of halogens is 1. The Morgan fingerprint density at radius 2 is 1.80 bits per heavy atom. The summed E-state index contributed by atoms with van der Waals surface area (Å²) in [5.41, 5.74) is 7.94. The Balaban J connectivity index is 1.43. The molecular weight excluding hydrogens is 534 g/mol. The third-order valence-corrected chi connectivity index (χ3v) is 6.63. The van der Waals surface area contributed by atoms with Gasteiger partial charge in [0.15, 0.2) is 0 Å². The number of allylic oxidation sites excluding steroid dienone is 1. The van der Waals surface area contributed by atoms with Crippen molar-refractivity contribution in [2.75, 3.05) is 0 Å². The van der Waals surface area contributed by atoms with Crippen molar-refractivity contribution in [2.45, 2.75) is 12.5 Å². The number of nitrogens with zero attached hydrogens (tertiary/aromatic N) is 2. The van der Waals surface area contributed by atoms with Crippen LogP contribution in [0.1, 0.15) is 33.0 Å².